The molecular formula is C49H57N9O7. The van der Waals surface area contributed by atoms with Crippen molar-refractivity contribution in [1.29, 1.82) is 0 Å². The molecule has 9 rings (SSSR count). The fourth-order valence-electron chi connectivity index (χ4n) is 10.3. The van der Waals surface area contributed by atoms with Crippen molar-refractivity contribution in [3.8, 4) is 0 Å². The molecule has 5 aromatic rings. The summed E-state index contributed by atoms with van der Waals surface area (Å²) < 4.78 is 6.35. The number of hydrogen-bond donors (Lipinski definition) is 7. The zero-order valence-electron chi connectivity index (χ0n) is 36.4. The van der Waals surface area contributed by atoms with Gasteiger partial charge in [0.05, 0.1) is 12.7 Å². The monoisotopic (exact) mass is 883 g/mol. The molecule has 1 aliphatic carbocycles. The molecule has 1 saturated carbocycles. The number of rotatable bonds is 9. The number of nitrogens with one attached hydrogen (secondary N) is 6. The van der Waals surface area contributed by atoms with E-state index in [0.717, 1.165) is 38.5 Å². The van der Waals surface area contributed by atoms with Crippen LogP contribution in [0.15, 0.2) is 91.3 Å². The first kappa shape index (κ1) is 43.7. The maximum Gasteiger partial charge on any atom is 0.246 e. The maximum absolute atomic E-state index is 14.9. The van der Waals surface area contributed by atoms with Crippen molar-refractivity contribution >= 4 is 57.2 Å². The lowest BCUT2D eigenvalue weighted by Crippen LogP contribution is -2.65. The van der Waals surface area contributed by atoms with Gasteiger partial charge in [0.1, 0.15) is 35.7 Å². The molecule has 16 nitrogen and oxygen atoms in total. The molecule has 1 spiro atoms. The van der Waals surface area contributed by atoms with Crippen LogP contribution in [0.1, 0.15) is 68.1 Å². The third-order valence-corrected chi connectivity index (χ3v) is 13.8. The lowest BCUT2D eigenvalue weighted by Gasteiger charge is -2.35. The van der Waals surface area contributed by atoms with Crippen molar-refractivity contribution in [2.24, 2.45) is 5.73 Å². The molecule has 65 heavy (non-hydrogen) atoms. The van der Waals surface area contributed by atoms with Gasteiger partial charge in [-0.25, -0.2) is 0 Å². The van der Waals surface area contributed by atoms with Gasteiger partial charge in [-0.05, 0) is 67.5 Å². The van der Waals surface area contributed by atoms with Gasteiger partial charge in [0, 0.05) is 66.6 Å². The van der Waals surface area contributed by atoms with E-state index in [-0.39, 0.29) is 51.9 Å². The number of benzene rings is 3. The summed E-state index contributed by atoms with van der Waals surface area (Å²) in [5.41, 5.74) is 8.84. The predicted octanol–water partition coefficient (Wildman–Crippen LogP) is 2.86. The highest BCUT2D eigenvalue weighted by Gasteiger charge is 2.49. The van der Waals surface area contributed by atoms with Gasteiger partial charge in [-0.15, -0.1) is 0 Å². The highest BCUT2D eigenvalue weighted by Crippen LogP contribution is 2.32. The number of aromatic amines is 2. The van der Waals surface area contributed by atoms with Crippen molar-refractivity contribution in [2.45, 2.75) is 113 Å². The van der Waals surface area contributed by atoms with Crippen molar-refractivity contribution < 1.29 is 33.5 Å². The standard InChI is InChI=1S/C49H57N9O7/c50-21-18-38-46(62)57-22-10-17-41(57)47(63)58-28-33(65-29-30-11-2-1-3-12-30)25-42(58)45(61)54-40(24-32-27-52-37-16-7-5-14-35(32)37)44(60)56-49(19-8-9-20-49)48(64)55-39(43(59)53-38)23-31-26-51-36-15-6-4-13-34(31)36/h1-7,11-16,26-27,33,38-42,51-52H,8-10,17-25,28-29,50H2,(H,53,59)(H,54,61)(H,55,64)(H,56,60)/t33-,38-,39-,40-,41+,42+/m0/s1. The Hall–Kier alpha value is -6.52. The van der Waals surface area contributed by atoms with Crippen LogP contribution in [0.5, 0.6) is 0 Å². The smallest absolute Gasteiger partial charge is 0.246 e. The van der Waals surface area contributed by atoms with E-state index in [1.165, 1.54) is 9.80 Å². The van der Waals surface area contributed by atoms with Crippen LogP contribution in [-0.4, -0.2) is 117 Å². The molecule has 4 aliphatic rings. The molecular weight excluding hydrogens is 827 g/mol. The van der Waals surface area contributed by atoms with E-state index in [9.17, 15) is 28.8 Å². The number of amides is 6. The Balaban J connectivity index is 1.09. The molecule has 0 radical (unpaired) electrons. The maximum atomic E-state index is 14.9. The number of nitrogens with zero attached hydrogens (tertiary/aromatic N) is 2. The van der Waals surface area contributed by atoms with Gasteiger partial charge < -0.3 is 51.5 Å². The zero-order valence-corrected chi connectivity index (χ0v) is 36.4. The first-order chi connectivity index (χ1) is 31.6. The van der Waals surface area contributed by atoms with Crippen molar-refractivity contribution in [3.63, 3.8) is 0 Å². The van der Waals surface area contributed by atoms with Crippen LogP contribution in [0, 0.1) is 0 Å². The second-order valence-corrected chi connectivity index (χ2v) is 18.0. The lowest BCUT2D eigenvalue weighted by atomic mass is 9.93. The molecule has 3 aromatic carbocycles. The van der Waals surface area contributed by atoms with E-state index in [1.807, 2.05) is 85.1 Å². The lowest BCUT2D eigenvalue weighted by molar-refractivity contribution is -0.148. The molecule has 3 saturated heterocycles. The first-order valence-corrected chi connectivity index (χ1v) is 22.9. The zero-order chi connectivity index (χ0) is 45.1. The van der Waals surface area contributed by atoms with Crippen LogP contribution in [-0.2, 0) is 53.0 Å². The van der Waals surface area contributed by atoms with Crippen LogP contribution < -0.4 is 27.0 Å². The first-order valence-electron chi connectivity index (χ1n) is 22.9. The third-order valence-electron chi connectivity index (χ3n) is 13.8. The van der Waals surface area contributed by atoms with E-state index in [2.05, 4.69) is 31.2 Å². The molecule has 16 heteroatoms. The SMILES string of the molecule is NCC[C@@H]1NC(=O)[C@H](Cc2c[nH]c3ccccc23)NC(=O)C2(CCCC2)NC(=O)[C@H](Cc2c[nH]c3ccccc23)NC(=O)[C@H]2C[C@H](OCc3ccccc3)CN2C(=O)[C@H]2CCCN2C1=O. The van der Waals surface area contributed by atoms with Crippen molar-refractivity contribution in [2.75, 3.05) is 19.6 Å². The number of para-hydroxylation sites is 2. The number of fused-ring (bicyclic) bond motifs is 4. The largest absolute Gasteiger partial charge is 0.372 e. The number of hydrogen-bond acceptors (Lipinski definition) is 8. The van der Waals surface area contributed by atoms with Crippen LogP contribution in [0.3, 0.4) is 0 Å². The number of ether oxygens (including phenoxy) is 1. The summed E-state index contributed by atoms with van der Waals surface area (Å²) in [7, 11) is 0. The van der Waals surface area contributed by atoms with Gasteiger partial charge >= 0.3 is 0 Å². The van der Waals surface area contributed by atoms with E-state index in [0.29, 0.717) is 38.5 Å². The number of nitrogens with two attached hydrogens (primary N) is 1. The highest BCUT2D eigenvalue weighted by atomic mass is 16.5. The second-order valence-electron chi connectivity index (χ2n) is 18.0. The number of carbonyl (C=O) groups excluding carboxylic acids is 6. The quantitative estimate of drug-likeness (QED) is 0.116. The molecule has 340 valence electrons. The van der Waals surface area contributed by atoms with Gasteiger partial charge in [-0.1, -0.05) is 79.6 Å². The Bertz CT molecular complexity index is 2570. The average Bonchev–Trinajstić information content (AvgIpc) is 4.19. The number of carbonyl (C=O) groups is 6. The normalized spacial score (nSPS) is 25.6. The van der Waals surface area contributed by atoms with Crippen LogP contribution >= 0.6 is 0 Å². The Labute approximate surface area is 376 Å². The Morgan fingerprint density at radius 1 is 0.646 bits per heavy atom. The molecule has 0 unspecified atom stereocenters. The molecule has 0 bridgehead atoms. The minimum absolute atomic E-state index is 0.0618. The molecule has 6 amide bonds. The van der Waals surface area contributed by atoms with Gasteiger partial charge in [0.2, 0.25) is 35.4 Å². The summed E-state index contributed by atoms with van der Waals surface area (Å²) in [6.07, 6.45) is 6.22. The Morgan fingerprint density at radius 3 is 1.92 bits per heavy atom. The van der Waals surface area contributed by atoms with E-state index < -0.39 is 77.3 Å². The van der Waals surface area contributed by atoms with Gasteiger partial charge in [0.25, 0.3) is 0 Å². The van der Waals surface area contributed by atoms with Gasteiger partial charge in [-0.2, -0.15) is 0 Å². The highest BCUT2D eigenvalue weighted by molar-refractivity contribution is 6.00. The summed E-state index contributed by atoms with van der Waals surface area (Å²) in [6, 6.07) is 19.5. The van der Waals surface area contributed by atoms with Gasteiger partial charge in [-0.3, -0.25) is 28.8 Å². The average molecular weight is 884 g/mol. The molecule has 4 fully saturated rings. The van der Waals surface area contributed by atoms with Gasteiger partial charge in [0.15, 0.2) is 0 Å². The van der Waals surface area contributed by atoms with Crippen LogP contribution in [0.4, 0.5) is 0 Å². The molecule has 3 aliphatic heterocycles. The summed E-state index contributed by atoms with van der Waals surface area (Å²) in [4.78, 5) is 98.2. The summed E-state index contributed by atoms with van der Waals surface area (Å²) in [5.74, 6) is -3.11. The molecule has 8 N–H and O–H groups in total. The minimum atomic E-state index is -1.41. The Morgan fingerprint density at radius 2 is 1.26 bits per heavy atom. The van der Waals surface area contributed by atoms with Crippen LogP contribution in [0.25, 0.3) is 21.8 Å². The van der Waals surface area contributed by atoms with E-state index in [4.69, 9.17) is 10.5 Å². The second kappa shape index (κ2) is 18.9. The van der Waals surface area contributed by atoms with E-state index >= 15 is 0 Å². The summed E-state index contributed by atoms with van der Waals surface area (Å²) in [6.45, 7) is 0.665. The van der Waals surface area contributed by atoms with E-state index in [1.54, 1.807) is 6.20 Å². The molecule has 6 atom stereocenters. The fraction of sp³-hybridized carbons (Fsp3) is 0.429. The number of H-pyrrole nitrogens is 2. The summed E-state index contributed by atoms with van der Waals surface area (Å²) in [5, 5.41) is 13.8. The number of aromatic nitrogens is 2. The Kier molecular flexibility index (Phi) is 12.7. The topological polar surface area (TPSA) is 224 Å². The molecule has 5 heterocycles. The molecule has 2 aromatic heterocycles. The summed E-state index contributed by atoms with van der Waals surface area (Å²) >= 11 is 0. The third kappa shape index (κ3) is 9.09. The van der Waals surface area contributed by atoms with Crippen molar-refractivity contribution in [3.05, 3.63) is 108 Å². The van der Waals surface area contributed by atoms with Crippen LogP contribution in [0.2, 0.25) is 0 Å². The minimum Gasteiger partial charge on any atom is -0.372 e. The fourth-order valence-corrected chi connectivity index (χ4v) is 10.3. The van der Waals surface area contributed by atoms with Crippen molar-refractivity contribution in [1.82, 2.24) is 41.0 Å². The predicted molar refractivity (Wildman–Crippen MR) is 243 cm³/mol.